The Morgan fingerprint density at radius 2 is 1.47 bits per heavy atom. The second-order valence-electron chi connectivity index (χ2n) is 9.13. The average molecular weight is 435 g/mol. The van der Waals surface area contributed by atoms with Crippen LogP contribution >= 0.6 is 0 Å². The SMILES string of the molecule is CN(C)CCNC(=O)[C@H]1C[C@@H]1C(=O)N1CCN(C(c2ccccc2)c2ccccc2)CC1. The van der Waals surface area contributed by atoms with E-state index in [0.717, 1.165) is 19.6 Å². The number of hydrogen-bond acceptors (Lipinski definition) is 4. The van der Waals surface area contributed by atoms with Crippen molar-refractivity contribution in [2.45, 2.75) is 12.5 Å². The van der Waals surface area contributed by atoms with Crippen LogP contribution in [0.3, 0.4) is 0 Å². The number of rotatable bonds is 8. The third kappa shape index (κ3) is 5.37. The van der Waals surface area contributed by atoms with E-state index in [1.165, 1.54) is 11.1 Å². The van der Waals surface area contributed by atoms with Crippen LogP contribution in [0.15, 0.2) is 60.7 Å². The van der Waals surface area contributed by atoms with Gasteiger partial charge in [-0.15, -0.1) is 0 Å². The van der Waals surface area contributed by atoms with Crippen LogP contribution in [-0.4, -0.2) is 79.9 Å². The summed E-state index contributed by atoms with van der Waals surface area (Å²) in [4.78, 5) is 31.8. The molecule has 0 unspecified atom stereocenters. The molecule has 2 fully saturated rings. The molecular formula is C26H34N4O2. The van der Waals surface area contributed by atoms with Crippen molar-refractivity contribution in [1.82, 2.24) is 20.0 Å². The summed E-state index contributed by atoms with van der Waals surface area (Å²) >= 11 is 0. The van der Waals surface area contributed by atoms with E-state index in [1.807, 2.05) is 36.0 Å². The first-order valence-electron chi connectivity index (χ1n) is 11.6. The number of carbonyl (C=O) groups is 2. The molecule has 6 nitrogen and oxygen atoms in total. The van der Waals surface area contributed by atoms with Gasteiger partial charge in [-0.25, -0.2) is 0 Å². The Bertz CT molecular complexity index is 855. The maximum absolute atomic E-state index is 13.0. The molecule has 1 aliphatic heterocycles. The van der Waals surface area contributed by atoms with E-state index in [4.69, 9.17) is 0 Å². The van der Waals surface area contributed by atoms with Crippen molar-refractivity contribution in [2.24, 2.45) is 11.8 Å². The molecule has 1 aliphatic carbocycles. The maximum Gasteiger partial charge on any atom is 0.226 e. The predicted molar refractivity (Wildman–Crippen MR) is 126 cm³/mol. The minimum absolute atomic E-state index is 0.0251. The summed E-state index contributed by atoms with van der Waals surface area (Å²) in [5.74, 6) is -0.116. The number of nitrogens with one attached hydrogen (secondary N) is 1. The van der Waals surface area contributed by atoms with Crippen molar-refractivity contribution in [3.63, 3.8) is 0 Å². The highest BCUT2D eigenvalue weighted by molar-refractivity contribution is 5.92. The number of nitrogens with zero attached hydrogens (tertiary/aromatic N) is 3. The fourth-order valence-corrected chi connectivity index (χ4v) is 4.61. The van der Waals surface area contributed by atoms with E-state index in [1.54, 1.807) is 0 Å². The highest BCUT2D eigenvalue weighted by Crippen LogP contribution is 2.40. The molecule has 2 aromatic carbocycles. The second-order valence-corrected chi connectivity index (χ2v) is 9.13. The molecule has 0 radical (unpaired) electrons. The fraction of sp³-hybridized carbons (Fsp3) is 0.462. The molecule has 170 valence electrons. The third-order valence-electron chi connectivity index (χ3n) is 6.52. The minimum atomic E-state index is -0.149. The molecule has 1 saturated heterocycles. The maximum atomic E-state index is 13.0. The highest BCUT2D eigenvalue weighted by atomic mass is 16.2. The van der Waals surface area contributed by atoms with Crippen molar-refractivity contribution in [3.05, 3.63) is 71.8 Å². The van der Waals surface area contributed by atoms with Gasteiger partial charge in [0, 0.05) is 39.3 Å². The standard InChI is InChI=1S/C26H34N4O2/c1-28(2)14-13-27-25(31)22-19-23(22)26(32)30-17-15-29(16-18-30)24(20-9-5-3-6-10-20)21-11-7-4-8-12-21/h3-12,22-24H,13-19H2,1-2H3,(H,27,31)/t22-,23-/m0/s1. The molecule has 2 aliphatic rings. The van der Waals surface area contributed by atoms with Crippen LogP contribution in [0.25, 0.3) is 0 Å². The van der Waals surface area contributed by atoms with Gasteiger partial charge < -0.3 is 15.1 Å². The van der Waals surface area contributed by atoms with Crippen LogP contribution < -0.4 is 5.32 Å². The molecule has 4 rings (SSSR count). The third-order valence-corrected chi connectivity index (χ3v) is 6.52. The zero-order valence-corrected chi connectivity index (χ0v) is 19.1. The number of carbonyl (C=O) groups excluding carboxylic acids is 2. The van der Waals surface area contributed by atoms with Gasteiger partial charge in [-0.1, -0.05) is 60.7 Å². The Balaban J connectivity index is 1.33. The molecule has 6 heteroatoms. The van der Waals surface area contributed by atoms with Crippen molar-refractivity contribution in [3.8, 4) is 0 Å². The van der Waals surface area contributed by atoms with E-state index in [9.17, 15) is 9.59 Å². The summed E-state index contributed by atoms with van der Waals surface area (Å²) in [6.07, 6.45) is 0.684. The number of likely N-dealkylation sites (N-methyl/N-ethyl adjacent to an activating group) is 1. The van der Waals surface area contributed by atoms with Gasteiger partial charge in [0.25, 0.3) is 0 Å². The van der Waals surface area contributed by atoms with Gasteiger partial charge in [0.05, 0.1) is 17.9 Å². The number of hydrogen-bond donors (Lipinski definition) is 1. The van der Waals surface area contributed by atoms with Gasteiger partial charge >= 0.3 is 0 Å². The van der Waals surface area contributed by atoms with E-state index >= 15 is 0 Å². The van der Waals surface area contributed by atoms with Gasteiger partial charge in [0.2, 0.25) is 11.8 Å². The van der Waals surface area contributed by atoms with Crippen LogP contribution in [0.2, 0.25) is 0 Å². The molecule has 0 bridgehead atoms. The second kappa shape index (κ2) is 10.3. The quantitative estimate of drug-likeness (QED) is 0.692. The number of benzene rings is 2. The lowest BCUT2D eigenvalue weighted by Gasteiger charge is -2.40. The average Bonchev–Trinajstić information content (AvgIpc) is 3.62. The molecule has 32 heavy (non-hydrogen) atoms. The summed E-state index contributed by atoms with van der Waals surface area (Å²) in [5, 5.41) is 2.96. The molecule has 0 aromatic heterocycles. The van der Waals surface area contributed by atoms with Crippen LogP contribution in [0.5, 0.6) is 0 Å². The van der Waals surface area contributed by atoms with Crippen LogP contribution in [0.1, 0.15) is 23.6 Å². The molecule has 1 heterocycles. The summed E-state index contributed by atoms with van der Waals surface area (Å²) in [6.45, 7) is 4.51. The smallest absolute Gasteiger partial charge is 0.226 e. The first-order valence-corrected chi connectivity index (χ1v) is 11.6. The van der Waals surface area contributed by atoms with Crippen molar-refractivity contribution in [1.29, 1.82) is 0 Å². The Morgan fingerprint density at radius 3 is 2.00 bits per heavy atom. The van der Waals surface area contributed by atoms with Gasteiger partial charge in [-0.05, 0) is 31.6 Å². The lowest BCUT2D eigenvalue weighted by molar-refractivity contribution is -0.136. The largest absolute Gasteiger partial charge is 0.355 e. The Kier molecular flexibility index (Phi) is 7.22. The Morgan fingerprint density at radius 1 is 0.906 bits per heavy atom. The van der Waals surface area contributed by atoms with Crippen molar-refractivity contribution < 1.29 is 9.59 Å². The summed E-state index contributed by atoms with van der Waals surface area (Å²) in [7, 11) is 3.96. The molecule has 1 saturated carbocycles. The minimum Gasteiger partial charge on any atom is -0.355 e. The lowest BCUT2D eigenvalue weighted by Crippen LogP contribution is -2.50. The summed E-state index contributed by atoms with van der Waals surface area (Å²) in [5.41, 5.74) is 2.55. The molecular weight excluding hydrogens is 400 g/mol. The van der Waals surface area contributed by atoms with E-state index in [0.29, 0.717) is 26.1 Å². The molecule has 0 spiro atoms. The zero-order chi connectivity index (χ0) is 22.5. The monoisotopic (exact) mass is 434 g/mol. The van der Waals surface area contributed by atoms with E-state index in [2.05, 4.69) is 58.7 Å². The first-order chi connectivity index (χ1) is 15.5. The number of piperazine rings is 1. The molecule has 1 N–H and O–H groups in total. The van der Waals surface area contributed by atoms with Gasteiger partial charge in [0.15, 0.2) is 0 Å². The van der Waals surface area contributed by atoms with Gasteiger partial charge in [-0.3, -0.25) is 14.5 Å². The normalized spacial score (nSPS) is 21.1. The predicted octanol–water partition coefficient (Wildman–Crippen LogP) is 2.23. The molecule has 2 atom stereocenters. The summed E-state index contributed by atoms with van der Waals surface area (Å²) < 4.78 is 0. The lowest BCUT2D eigenvalue weighted by atomic mass is 9.96. The fourth-order valence-electron chi connectivity index (χ4n) is 4.61. The van der Waals surface area contributed by atoms with Crippen LogP contribution in [-0.2, 0) is 9.59 Å². The van der Waals surface area contributed by atoms with Gasteiger partial charge in [-0.2, -0.15) is 0 Å². The van der Waals surface area contributed by atoms with Crippen molar-refractivity contribution in [2.75, 3.05) is 53.4 Å². The van der Waals surface area contributed by atoms with Crippen molar-refractivity contribution >= 4 is 11.8 Å². The zero-order valence-electron chi connectivity index (χ0n) is 19.1. The molecule has 2 aromatic rings. The Hall–Kier alpha value is -2.70. The van der Waals surface area contributed by atoms with E-state index < -0.39 is 0 Å². The topological polar surface area (TPSA) is 55.9 Å². The van der Waals surface area contributed by atoms with E-state index in [-0.39, 0.29) is 29.7 Å². The Labute approximate surface area is 191 Å². The van der Waals surface area contributed by atoms with Gasteiger partial charge in [0.1, 0.15) is 0 Å². The summed E-state index contributed by atoms with van der Waals surface area (Å²) in [6, 6.07) is 21.3. The van der Waals surface area contributed by atoms with Crippen LogP contribution in [0, 0.1) is 11.8 Å². The highest BCUT2D eigenvalue weighted by Gasteiger charge is 2.49. The first kappa shape index (κ1) is 22.5. The van der Waals surface area contributed by atoms with Crippen LogP contribution in [0.4, 0.5) is 0 Å². The number of amides is 2. The molecule has 2 amide bonds.